The van der Waals surface area contributed by atoms with Gasteiger partial charge in [-0.25, -0.2) is 0 Å². The molecule has 0 heterocycles. The van der Waals surface area contributed by atoms with E-state index in [1.165, 1.54) is 13.2 Å². The Balaban J connectivity index is 2.10. The Labute approximate surface area is 125 Å². The second-order valence-corrected chi connectivity index (χ2v) is 6.87. The van der Waals surface area contributed by atoms with Crippen LogP contribution in [0.15, 0.2) is 29.2 Å². The monoisotopic (exact) mass is 312 g/mol. The first-order chi connectivity index (χ1) is 9.94. The molecule has 0 bridgehead atoms. The summed E-state index contributed by atoms with van der Waals surface area (Å²) in [6.07, 6.45) is 2.04. The number of rotatable bonds is 4. The maximum atomic E-state index is 12.3. The minimum atomic E-state index is -3.80. The molecule has 1 fully saturated rings. The van der Waals surface area contributed by atoms with Crippen molar-refractivity contribution in [2.45, 2.75) is 43.6 Å². The van der Waals surface area contributed by atoms with Crippen molar-refractivity contribution in [3.8, 4) is 0 Å². The Hall–Kier alpha value is -1.40. The number of benzene rings is 1. The number of hydrogen-bond acceptors (Lipinski definition) is 5. The molecular weight excluding hydrogens is 292 g/mol. The lowest BCUT2D eigenvalue weighted by atomic mass is 9.87. The van der Waals surface area contributed by atoms with Gasteiger partial charge in [0, 0.05) is 0 Å². The molecule has 0 N–H and O–H groups in total. The number of hydrogen-bond donors (Lipinski definition) is 0. The molecule has 2 rings (SSSR count). The van der Waals surface area contributed by atoms with Crippen LogP contribution in [0.3, 0.4) is 0 Å². The highest BCUT2D eigenvalue weighted by Crippen LogP contribution is 2.30. The van der Waals surface area contributed by atoms with E-state index >= 15 is 0 Å². The molecule has 0 spiro atoms. The minimum Gasteiger partial charge on any atom is -0.469 e. The average molecular weight is 312 g/mol. The largest absolute Gasteiger partial charge is 0.469 e. The van der Waals surface area contributed by atoms with Gasteiger partial charge in [0.25, 0.3) is 10.1 Å². The number of carbonyl (C=O) groups excluding carboxylic acids is 1. The molecule has 0 radical (unpaired) electrons. The Morgan fingerprint density at radius 3 is 2.62 bits per heavy atom. The summed E-state index contributed by atoms with van der Waals surface area (Å²) in [4.78, 5) is 11.8. The van der Waals surface area contributed by atoms with Crippen LogP contribution in [0.4, 0.5) is 0 Å². The van der Waals surface area contributed by atoms with Crippen LogP contribution in [0.25, 0.3) is 0 Å². The molecule has 1 aliphatic rings. The summed E-state index contributed by atoms with van der Waals surface area (Å²) in [6, 6.07) is 6.71. The van der Waals surface area contributed by atoms with E-state index in [4.69, 9.17) is 8.92 Å². The smallest absolute Gasteiger partial charge is 0.308 e. The molecule has 0 aromatic heterocycles. The van der Waals surface area contributed by atoms with Gasteiger partial charge in [-0.05, 0) is 44.2 Å². The van der Waals surface area contributed by atoms with E-state index < -0.39 is 16.2 Å². The highest BCUT2D eigenvalue weighted by molar-refractivity contribution is 7.86. The topological polar surface area (TPSA) is 69.7 Å². The molecular formula is C15H20O5S. The molecule has 1 saturated carbocycles. The van der Waals surface area contributed by atoms with Crippen LogP contribution in [-0.2, 0) is 23.8 Å². The Kier molecular flexibility index (Phi) is 5.00. The van der Waals surface area contributed by atoms with Crippen LogP contribution in [0.5, 0.6) is 0 Å². The summed E-state index contributed by atoms with van der Waals surface area (Å²) >= 11 is 0. The molecule has 6 heteroatoms. The van der Waals surface area contributed by atoms with E-state index in [1.54, 1.807) is 25.1 Å². The molecule has 0 saturated heterocycles. The summed E-state index contributed by atoms with van der Waals surface area (Å²) in [6.45, 7) is 1.73. The summed E-state index contributed by atoms with van der Waals surface area (Å²) in [5.74, 6) is -0.572. The highest BCUT2D eigenvalue weighted by atomic mass is 32.2. The van der Waals surface area contributed by atoms with Crippen molar-refractivity contribution >= 4 is 16.1 Å². The van der Waals surface area contributed by atoms with Crippen molar-refractivity contribution in [2.75, 3.05) is 7.11 Å². The van der Waals surface area contributed by atoms with Gasteiger partial charge in [0.2, 0.25) is 0 Å². The lowest BCUT2D eigenvalue weighted by Gasteiger charge is -2.27. The first kappa shape index (κ1) is 16.0. The van der Waals surface area contributed by atoms with Gasteiger partial charge in [0.1, 0.15) is 0 Å². The molecule has 0 unspecified atom stereocenters. The molecule has 5 nitrogen and oxygen atoms in total. The molecule has 2 atom stereocenters. The molecule has 1 aromatic carbocycles. The molecule has 0 amide bonds. The van der Waals surface area contributed by atoms with E-state index in [0.717, 1.165) is 12.8 Å². The zero-order chi connectivity index (χ0) is 15.5. The van der Waals surface area contributed by atoms with Gasteiger partial charge in [-0.1, -0.05) is 18.2 Å². The first-order valence-corrected chi connectivity index (χ1v) is 8.41. The van der Waals surface area contributed by atoms with Gasteiger partial charge in [-0.3, -0.25) is 8.98 Å². The maximum absolute atomic E-state index is 12.3. The fraction of sp³-hybridized carbons (Fsp3) is 0.533. The van der Waals surface area contributed by atoms with Gasteiger partial charge in [-0.15, -0.1) is 0 Å². The average Bonchev–Trinajstić information content (AvgIpc) is 2.46. The van der Waals surface area contributed by atoms with Gasteiger partial charge in [0.15, 0.2) is 0 Å². The molecule has 116 valence electrons. The lowest BCUT2D eigenvalue weighted by Crippen LogP contribution is -2.30. The van der Waals surface area contributed by atoms with Crippen LogP contribution in [0, 0.1) is 12.8 Å². The Bertz CT molecular complexity index is 608. The van der Waals surface area contributed by atoms with E-state index in [1.807, 2.05) is 0 Å². The SMILES string of the molecule is COC(=O)[C@H]1CCC[C@@H](OS(=O)(=O)c2ccccc2C)C1. The van der Waals surface area contributed by atoms with Gasteiger partial charge >= 0.3 is 5.97 Å². The second-order valence-electron chi connectivity index (χ2n) is 5.32. The van der Waals surface area contributed by atoms with E-state index in [9.17, 15) is 13.2 Å². The van der Waals surface area contributed by atoms with E-state index in [2.05, 4.69) is 0 Å². The normalized spacial score (nSPS) is 22.8. The standard InChI is InChI=1S/C15H20O5S/c1-11-6-3-4-9-14(11)21(17,18)20-13-8-5-7-12(10-13)15(16)19-2/h3-4,6,9,12-13H,5,7-8,10H2,1-2H3/t12-,13+/m0/s1. The van der Waals surface area contributed by atoms with Crippen molar-refractivity contribution in [3.05, 3.63) is 29.8 Å². The first-order valence-electron chi connectivity index (χ1n) is 7.01. The quantitative estimate of drug-likeness (QED) is 0.631. The fourth-order valence-electron chi connectivity index (χ4n) is 2.68. The molecule has 1 aliphatic carbocycles. The number of esters is 1. The summed E-state index contributed by atoms with van der Waals surface area (Å²) in [5, 5.41) is 0. The van der Waals surface area contributed by atoms with Crippen LogP contribution >= 0.6 is 0 Å². The van der Waals surface area contributed by atoms with Crippen molar-refractivity contribution in [1.29, 1.82) is 0 Å². The number of ether oxygens (including phenoxy) is 1. The third-order valence-corrected chi connectivity index (χ3v) is 5.31. The van der Waals surface area contributed by atoms with Crippen molar-refractivity contribution < 1.29 is 22.1 Å². The van der Waals surface area contributed by atoms with Crippen LogP contribution in [0.2, 0.25) is 0 Å². The third kappa shape index (κ3) is 3.83. The summed E-state index contributed by atoms with van der Waals surface area (Å²) < 4.78 is 34.7. The number of methoxy groups -OCH3 is 1. The number of carbonyl (C=O) groups is 1. The highest BCUT2D eigenvalue weighted by Gasteiger charge is 2.32. The van der Waals surface area contributed by atoms with Crippen LogP contribution < -0.4 is 0 Å². The third-order valence-electron chi connectivity index (χ3n) is 3.79. The van der Waals surface area contributed by atoms with Crippen LogP contribution in [0.1, 0.15) is 31.2 Å². The minimum absolute atomic E-state index is 0.185. The van der Waals surface area contributed by atoms with Gasteiger partial charge in [-0.2, -0.15) is 8.42 Å². The summed E-state index contributed by atoms with van der Waals surface area (Å²) in [5.41, 5.74) is 0.651. The number of aryl methyl sites for hydroxylation is 1. The predicted octanol–water partition coefficient (Wildman–Crippen LogP) is 2.43. The zero-order valence-corrected chi connectivity index (χ0v) is 13.1. The van der Waals surface area contributed by atoms with Crippen LogP contribution in [-0.4, -0.2) is 27.6 Å². The molecule has 1 aromatic rings. The van der Waals surface area contributed by atoms with Gasteiger partial charge < -0.3 is 4.74 Å². The molecule has 21 heavy (non-hydrogen) atoms. The van der Waals surface area contributed by atoms with Crippen molar-refractivity contribution in [1.82, 2.24) is 0 Å². The molecule has 0 aliphatic heterocycles. The Morgan fingerprint density at radius 1 is 1.24 bits per heavy atom. The fourth-order valence-corrected chi connectivity index (χ4v) is 4.03. The maximum Gasteiger partial charge on any atom is 0.308 e. The zero-order valence-electron chi connectivity index (χ0n) is 12.2. The Morgan fingerprint density at radius 2 is 1.95 bits per heavy atom. The lowest BCUT2D eigenvalue weighted by molar-refractivity contribution is -0.147. The summed E-state index contributed by atoms with van der Waals surface area (Å²) in [7, 11) is -2.45. The van der Waals surface area contributed by atoms with Gasteiger partial charge in [0.05, 0.1) is 24.0 Å². The van der Waals surface area contributed by atoms with Crippen molar-refractivity contribution in [2.24, 2.45) is 5.92 Å². The van der Waals surface area contributed by atoms with E-state index in [-0.39, 0.29) is 16.8 Å². The van der Waals surface area contributed by atoms with E-state index in [0.29, 0.717) is 18.4 Å². The second kappa shape index (κ2) is 6.58. The predicted molar refractivity (Wildman–Crippen MR) is 77.2 cm³/mol. The van der Waals surface area contributed by atoms with Crippen molar-refractivity contribution in [3.63, 3.8) is 0 Å².